The molecule has 0 aliphatic heterocycles. The van der Waals surface area contributed by atoms with Gasteiger partial charge in [0.1, 0.15) is 0 Å². The Balaban J connectivity index is 1.79. The Kier molecular flexibility index (Phi) is 4.44. The summed E-state index contributed by atoms with van der Waals surface area (Å²) in [6.45, 7) is 0. The van der Waals surface area contributed by atoms with Gasteiger partial charge in [-0.3, -0.25) is 4.98 Å². The summed E-state index contributed by atoms with van der Waals surface area (Å²) in [6.07, 6.45) is 8.28. The fourth-order valence-corrected chi connectivity index (χ4v) is 3.51. The first-order chi connectivity index (χ1) is 10.6. The van der Waals surface area contributed by atoms with Gasteiger partial charge in [0.2, 0.25) is 0 Å². The van der Waals surface area contributed by atoms with Crippen LogP contribution >= 0.6 is 11.6 Å². The van der Waals surface area contributed by atoms with Crippen molar-refractivity contribution in [3.8, 4) is 0 Å². The lowest BCUT2D eigenvalue weighted by Crippen LogP contribution is -2.12. The molecule has 0 radical (unpaired) electrons. The zero-order chi connectivity index (χ0) is 15.5. The molecule has 3 nitrogen and oxygen atoms in total. The van der Waals surface area contributed by atoms with E-state index in [1.165, 1.54) is 23.7 Å². The van der Waals surface area contributed by atoms with Gasteiger partial charge in [0.15, 0.2) is 0 Å². The highest BCUT2D eigenvalue weighted by molar-refractivity contribution is 6.30. The quantitative estimate of drug-likeness (QED) is 0.904. The number of pyridine rings is 1. The van der Waals surface area contributed by atoms with Crippen LogP contribution in [0.4, 0.5) is 0 Å². The third-order valence-electron chi connectivity index (χ3n) is 4.44. The highest BCUT2D eigenvalue weighted by Gasteiger charge is 2.21. The second-order valence-electron chi connectivity index (χ2n) is 5.81. The number of hydrogen-bond donors (Lipinski definition) is 1. The highest BCUT2D eigenvalue weighted by atomic mass is 35.5. The van der Waals surface area contributed by atoms with Crippen LogP contribution in [-0.2, 0) is 12.8 Å². The van der Waals surface area contributed by atoms with Gasteiger partial charge in [-0.05, 0) is 72.9 Å². The Morgan fingerprint density at radius 3 is 3.05 bits per heavy atom. The normalized spacial score (nSPS) is 17.0. The summed E-state index contributed by atoms with van der Waals surface area (Å²) >= 11 is 6.14. The molecule has 1 aliphatic rings. The number of fused-ring (bicyclic) bond motifs is 1. The summed E-state index contributed by atoms with van der Waals surface area (Å²) in [4.78, 5) is 15.3. The zero-order valence-corrected chi connectivity index (χ0v) is 13.0. The average molecular weight is 316 g/mol. The van der Waals surface area contributed by atoms with Crippen molar-refractivity contribution in [1.82, 2.24) is 4.98 Å². The van der Waals surface area contributed by atoms with Crippen molar-refractivity contribution >= 4 is 17.6 Å². The summed E-state index contributed by atoms with van der Waals surface area (Å²) < 4.78 is 0. The minimum atomic E-state index is -0.885. The number of benzene rings is 1. The third kappa shape index (κ3) is 3.14. The predicted molar refractivity (Wildman–Crippen MR) is 86.6 cm³/mol. The minimum absolute atomic E-state index is 0.358. The molecule has 1 aliphatic carbocycles. The monoisotopic (exact) mass is 315 g/mol. The van der Waals surface area contributed by atoms with Gasteiger partial charge >= 0.3 is 5.97 Å². The average Bonchev–Trinajstić information content (AvgIpc) is 2.53. The van der Waals surface area contributed by atoms with Crippen LogP contribution in [0.1, 0.15) is 52.2 Å². The third-order valence-corrected chi connectivity index (χ3v) is 4.68. The molecule has 1 N–H and O–H groups in total. The molecule has 1 unspecified atom stereocenters. The number of carbonyl (C=O) groups is 1. The van der Waals surface area contributed by atoms with Gasteiger partial charge in [-0.1, -0.05) is 17.7 Å². The van der Waals surface area contributed by atoms with E-state index in [1.54, 1.807) is 12.3 Å². The molecule has 0 spiro atoms. The lowest BCUT2D eigenvalue weighted by molar-refractivity contribution is 0.0695. The number of aromatic carboxylic acids is 1. The van der Waals surface area contributed by atoms with Crippen LogP contribution in [-0.4, -0.2) is 16.1 Å². The molecule has 0 amide bonds. The molecule has 1 aromatic heterocycles. The van der Waals surface area contributed by atoms with Gasteiger partial charge in [0.05, 0.1) is 5.56 Å². The topological polar surface area (TPSA) is 50.2 Å². The van der Waals surface area contributed by atoms with Crippen molar-refractivity contribution < 1.29 is 9.90 Å². The van der Waals surface area contributed by atoms with E-state index in [4.69, 9.17) is 11.6 Å². The molecule has 1 atom stereocenters. The van der Waals surface area contributed by atoms with Crippen molar-refractivity contribution in [3.63, 3.8) is 0 Å². The van der Waals surface area contributed by atoms with E-state index in [9.17, 15) is 9.90 Å². The number of nitrogens with zero attached hydrogens (tertiary/aromatic N) is 1. The van der Waals surface area contributed by atoms with Crippen molar-refractivity contribution in [3.05, 3.63) is 63.9 Å². The van der Waals surface area contributed by atoms with Gasteiger partial charge in [-0.2, -0.15) is 0 Å². The highest BCUT2D eigenvalue weighted by Crippen LogP contribution is 2.36. The number of carboxylic acids is 1. The number of carboxylic acid groups (broad SMARTS) is 1. The van der Waals surface area contributed by atoms with Gasteiger partial charge < -0.3 is 5.11 Å². The predicted octanol–water partition coefficient (Wildman–Crippen LogP) is 4.49. The molecule has 1 heterocycles. The van der Waals surface area contributed by atoms with Crippen molar-refractivity contribution in [2.24, 2.45) is 0 Å². The molecule has 0 saturated carbocycles. The molecule has 2 aromatic rings. The van der Waals surface area contributed by atoms with E-state index in [-0.39, 0.29) is 0 Å². The van der Waals surface area contributed by atoms with E-state index in [1.807, 2.05) is 6.07 Å². The van der Waals surface area contributed by atoms with Crippen molar-refractivity contribution in [2.75, 3.05) is 0 Å². The maximum absolute atomic E-state index is 11.3. The summed E-state index contributed by atoms with van der Waals surface area (Å²) in [6, 6.07) is 7.72. The summed E-state index contributed by atoms with van der Waals surface area (Å²) in [5, 5.41) is 10.0. The maximum Gasteiger partial charge on any atom is 0.336 e. The van der Waals surface area contributed by atoms with Gasteiger partial charge in [-0.15, -0.1) is 0 Å². The molecule has 4 heteroatoms. The van der Waals surface area contributed by atoms with Crippen LogP contribution in [0.3, 0.4) is 0 Å². The molecule has 0 bridgehead atoms. The van der Waals surface area contributed by atoms with Crippen LogP contribution in [0.5, 0.6) is 0 Å². The molecular weight excluding hydrogens is 298 g/mol. The Morgan fingerprint density at radius 2 is 2.23 bits per heavy atom. The first kappa shape index (κ1) is 15.0. The lowest BCUT2D eigenvalue weighted by Gasteiger charge is -2.26. The summed E-state index contributed by atoms with van der Waals surface area (Å²) in [5.74, 6) is -0.436. The Bertz CT molecular complexity index is 699. The Hall–Kier alpha value is -1.87. The van der Waals surface area contributed by atoms with E-state index in [0.29, 0.717) is 11.5 Å². The number of aryl methyl sites for hydroxylation is 2. The van der Waals surface area contributed by atoms with Crippen molar-refractivity contribution in [1.29, 1.82) is 0 Å². The number of hydrogen-bond acceptors (Lipinski definition) is 2. The Morgan fingerprint density at radius 1 is 1.36 bits per heavy atom. The Labute approximate surface area is 135 Å². The first-order valence-corrected chi connectivity index (χ1v) is 7.97. The number of halogens is 1. The van der Waals surface area contributed by atoms with E-state index >= 15 is 0 Å². The molecule has 0 fully saturated rings. The first-order valence-electron chi connectivity index (χ1n) is 7.59. The minimum Gasteiger partial charge on any atom is -0.478 e. The molecule has 22 heavy (non-hydrogen) atoms. The van der Waals surface area contributed by atoms with Crippen LogP contribution in [0.15, 0.2) is 36.7 Å². The number of aromatic nitrogens is 1. The van der Waals surface area contributed by atoms with E-state index in [0.717, 1.165) is 36.3 Å². The zero-order valence-electron chi connectivity index (χ0n) is 12.3. The van der Waals surface area contributed by atoms with E-state index < -0.39 is 5.97 Å². The lowest BCUT2D eigenvalue weighted by atomic mass is 9.80. The second-order valence-corrected chi connectivity index (χ2v) is 6.25. The largest absolute Gasteiger partial charge is 0.478 e. The standard InChI is InChI=1S/C18H18ClNO2/c19-15-7-6-13-3-1-2-12(17(13)10-15)4-5-14-11-20-9-8-16(14)18(21)22/h6-12H,1-5H2,(H,21,22). The van der Waals surface area contributed by atoms with Gasteiger partial charge in [-0.25, -0.2) is 4.79 Å². The van der Waals surface area contributed by atoms with Crippen LogP contribution in [0.2, 0.25) is 5.02 Å². The second kappa shape index (κ2) is 6.49. The van der Waals surface area contributed by atoms with Crippen LogP contribution in [0.25, 0.3) is 0 Å². The fourth-order valence-electron chi connectivity index (χ4n) is 3.33. The smallest absolute Gasteiger partial charge is 0.336 e. The summed E-state index contributed by atoms with van der Waals surface area (Å²) in [7, 11) is 0. The summed E-state index contributed by atoms with van der Waals surface area (Å²) in [5.41, 5.74) is 3.88. The fraction of sp³-hybridized carbons (Fsp3) is 0.333. The van der Waals surface area contributed by atoms with E-state index in [2.05, 4.69) is 17.1 Å². The van der Waals surface area contributed by atoms with Gasteiger partial charge in [0, 0.05) is 17.4 Å². The molecule has 1 aromatic carbocycles. The molecular formula is C18H18ClNO2. The SMILES string of the molecule is O=C(O)c1ccncc1CCC1CCCc2ccc(Cl)cc21. The van der Waals surface area contributed by atoms with Crippen LogP contribution < -0.4 is 0 Å². The van der Waals surface area contributed by atoms with Crippen molar-refractivity contribution in [2.45, 2.75) is 38.0 Å². The van der Waals surface area contributed by atoms with Gasteiger partial charge in [0.25, 0.3) is 0 Å². The van der Waals surface area contributed by atoms with Crippen LogP contribution in [0, 0.1) is 0 Å². The molecule has 3 rings (SSSR count). The molecule has 114 valence electrons. The maximum atomic E-state index is 11.3. The number of rotatable bonds is 4. The molecule has 0 saturated heterocycles.